The molecule has 24 heavy (non-hydrogen) atoms. The molecule has 0 aliphatic heterocycles. The number of aromatic nitrogens is 1. The number of hydrogen-bond acceptors (Lipinski definition) is 4. The van der Waals surface area contributed by atoms with Gasteiger partial charge < -0.3 is 14.8 Å². The van der Waals surface area contributed by atoms with E-state index in [-0.39, 0.29) is 0 Å². The number of pyridine rings is 1. The molecule has 0 aliphatic rings. The normalized spacial score (nSPS) is 10.7. The molecule has 3 rings (SSSR count). The average molecular weight is 322 g/mol. The van der Waals surface area contributed by atoms with Gasteiger partial charge in [-0.15, -0.1) is 0 Å². The molecule has 0 aliphatic carbocycles. The second-order valence-corrected chi connectivity index (χ2v) is 5.47. The molecule has 0 radical (unpaired) electrons. The van der Waals surface area contributed by atoms with Crippen LogP contribution in [0.5, 0.6) is 11.5 Å². The van der Waals surface area contributed by atoms with Gasteiger partial charge in [-0.1, -0.05) is 24.3 Å². The molecule has 0 fully saturated rings. The molecule has 0 spiro atoms. The second-order valence-electron chi connectivity index (χ2n) is 5.47. The number of nitrogens with one attached hydrogen (secondary N) is 1. The molecule has 0 amide bonds. The predicted molar refractivity (Wildman–Crippen MR) is 96.7 cm³/mol. The Hall–Kier alpha value is -2.59. The average Bonchev–Trinajstić information content (AvgIpc) is 2.64. The predicted octanol–water partition coefficient (Wildman–Crippen LogP) is 3.67. The maximum atomic E-state index is 5.77. The lowest BCUT2D eigenvalue weighted by Gasteiger charge is -2.09. The van der Waals surface area contributed by atoms with Crippen molar-refractivity contribution in [3.05, 3.63) is 66.9 Å². The molecule has 0 bridgehead atoms. The number of fused-ring (bicyclic) bond motifs is 1. The number of nitrogens with zero attached hydrogens (tertiary/aromatic N) is 1. The van der Waals surface area contributed by atoms with E-state index in [1.54, 1.807) is 6.20 Å². The fraction of sp³-hybridized carbons (Fsp3) is 0.250. The molecule has 0 saturated carbocycles. The first-order valence-electron chi connectivity index (χ1n) is 8.28. The lowest BCUT2D eigenvalue weighted by molar-refractivity contribution is 0.294. The van der Waals surface area contributed by atoms with Gasteiger partial charge in [-0.3, -0.25) is 4.98 Å². The van der Waals surface area contributed by atoms with Crippen LogP contribution in [0.25, 0.3) is 10.9 Å². The molecule has 2 aromatic carbocycles. The van der Waals surface area contributed by atoms with Crippen molar-refractivity contribution >= 4 is 10.9 Å². The molecule has 4 heteroatoms. The summed E-state index contributed by atoms with van der Waals surface area (Å²) < 4.78 is 11.4. The minimum Gasteiger partial charge on any atom is -0.494 e. The highest BCUT2D eigenvalue weighted by atomic mass is 16.5. The molecule has 0 atom stereocenters. The highest BCUT2D eigenvalue weighted by Crippen LogP contribution is 2.18. The van der Waals surface area contributed by atoms with E-state index in [4.69, 9.17) is 9.47 Å². The van der Waals surface area contributed by atoms with Gasteiger partial charge in [0.1, 0.15) is 18.1 Å². The van der Waals surface area contributed by atoms with Gasteiger partial charge >= 0.3 is 0 Å². The number of hydrogen-bond donors (Lipinski definition) is 1. The van der Waals surface area contributed by atoms with E-state index in [2.05, 4.69) is 10.3 Å². The van der Waals surface area contributed by atoms with Crippen molar-refractivity contribution in [1.82, 2.24) is 10.3 Å². The summed E-state index contributed by atoms with van der Waals surface area (Å²) in [4.78, 5) is 4.30. The van der Waals surface area contributed by atoms with Crippen LogP contribution in [0, 0.1) is 0 Å². The van der Waals surface area contributed by atoms with E-state index in [0.29, 0.717) is 6.61 Å². The molecule has 4 nitrogen and oxygen atoms in total. The summed E-state index contributed by atoms with van der Waals surface area (Å²) in [6.45, 7) is 3.09. The highest BCUT2D eigenvalue weighted by molar-refractivity contribution is 5.79. The fourth-order valence-corrected chi connectivity index (χ4v) is 2.41. The van der Waals surface area contributed by atoms with Gasteiger partial charge in [0.05, 0.1) is 12.1 Å². The zero-order chi connectivity index (χ0) is 16.5. The van der Waals surface area contributed by atoms with Crippen molar-refractivity contribution in [2.24, 2.45) is 0 Å². The summed E-state index contributed by atoms with van der Waals surface area (Å²) >= 11 is 0. The monoisotopic (exact) mass is 322 g/mol. The zero-order valence-electron chi connectivity index (χ0n) is 13.7. The Bertz CT molecular complexity index is 747. The SMILES string of the molecule is c1ccc(OCCCNCCOc2ccc3ncccc3c2)cc1. The molecule has 124 valence electrons. The summed E-state index contributed by atoms with van der Waals surface area (Å²) in [5.74, 6) is 1.80. The Labute approximate surface area is 142 Å². The number of para-hydroxylation sites is 1. The van der Waals surface area contributed by atoms with Crippen molar-refractivity contribution in [3.8, 4) is 11.5 Å². The Morgan fingerprint density at radius 3 is 2.58 bits per heavy atom. The standard InChI is InChI=1S/C20H22N2O2/c1-2-7-18(8-3-1)23-14-5-11-21-13-15-24-19-9-10-20-17(16-19)6-4-12-22-20/h1-4,6-10,12,16,21H,5,11,13-15H2. The topological polar surface area (TPSA) is 43.4 Å². The van der Waals surface area contributed by atoms with Gasteiger partial charge in [0.2, 0.25) is 0 Å². The maximum absolute atomic E-state index is 5.77. The molecule has 1 heterocycles. The lowest BCUT2D eigenvalue weighted by atomic mass is 10.2. The van der Waals surface area contributed by atoms with Crippen molar-refractivity contribution in [3.63, 3.8) is 0 Å². The minimum absolute atomic E-state index is 0.644. The molecule has 3 aromatic rings. The number of ether oxygens (including phenoxy) is 2. The minimum atomic E-state index is 0.644. The smallest absolute Gasteiger partial charge is 0.120 e. The third kappa shape index (κ3) is 4.96. The van der Waals surface area contributed by atoms with E-state index in [1.807, 2.05) is 60.7 Å². The van der Waals surface area contributed by atoms with Gasteiger partial charge in [0.15, 0.2) is 0 Å². The van der Waals surface area contributed by atoms with Crippen LogP contribution in [0.3, 0.4) is 0 Å². The van der Waals surface area contributed by atoms with Gasteiger partial charge in [0.25, 0.3) is 0 Å². The second kappa shape index (κ2) is 8.89. The Balaban J connectivity index is 1.28. The molecular formula is C20H22N2O2. The van der Waals surface area contributed by atoms with Crippen LogP contribution in [-0.2, 0) is 0 Å². The first kappa shape index (κ1) is 16.3. The van der Waals surface area contributed by atoms with E-state index in [0.717, 1.165) is 48.5 Å². The Morgan fingerprint density at radius 1 is 0.792 bits per heavy atom. The summed E-state index contributed by atoms with van der Waals surface area (Å²) in [5, 5.41) is 4.46. The van der Waals surface area contributed by atoms with Crippen molar-refractivity contribution in [1.29, 1.82) is 0 Å². The highest BCUT2D eigenvalue weighted by Gasteiger charge is 1.98. The van der Waals surface area contributed by atoms with E-state index >= 15 is 0 Å². The van der Waals surface area contributed by atoms with Gasteiger partial charge in [0, 0.05) is 18.1 Å². The van der Waals surface area contributed by atoms with Crippen molar-refractivity contribution in [2.75, 3.05) is 26.3 Å². The summed E-state index contributed by atoms with van der Waals surface area (Å²) in [5.41, 5.74) is 0.987. The molecular weight excluding hydrogens is 300 g/mol. The first-order valence-corrected chi connectivity index (χ1v) is 8.28. The Kier molecular flexibility index (Phi) is 6.03. The van der Waals surface area contributed by atoms with Crippen molar-refractivity contribution in [2.45, 2.75) is 6.42 Å². The fourth-order valence-electron chi connectivity index (χ4n) is 2.41. The van der Waals surface area contributed by atoms with Crippen LogP contribution in [0.15, 0.2) is 66.9 Å². The number of benzene rings is 2. The number of rotatable bonds is 9. The van der Waals surface area contributed by atoms with Crippen LogP contribution in [0.1, 0.15) is 6.42 Å². The lowest BCUT2D eigenvalue weighted by Crippen LogP contribution is -2.23. The van der Waals surface area contributed by atoms with Crippen LogP contribution >= 0.6 is 0 Å². The van der Waals surface area contributed by atoms with Crippen molar-refractivity contribution < 1.29 is 9.47 Å². The quantitative estimate of drug-likeness (QED) is 0.610. The van der Waals surface area contributed by atoms with E-state index in [9.17, 15) is 0 Å². The van der Waals surface area contributed by atoms with Gasteiger partial charge in [-0.2, -0.15) is 0 Å². The van der Waals surface area contributed by atoms with Crippen LogP contribution < -0.4 is 14.8 Å². The molecule has 0 saturated heterocycles. The molecule has 1 N–H and O–H groups in total. The van der Waals surface area contributed by atoms with E-state index < -0.39 is 0 Å². The summed E-state index contributed by atoms with van der Waals surface area (Å²) in [6.07, 6.45) is 2.77. The maximum Gasteiger partial charge on any atom is 0.120 e. The van der Waals surface area contributed by atoms with Gasteiger partial charge in [-0.05, 0) is 49.4 Å². The third-order valence-electron chi connectivity index (χ3n) is 3.63. The largest absolute Gasteiger partial charge is 0.494 e. The van der Waals surface area contributed by atoms with E-state index in [1.165, 1.54) is 0 Å². The first-order chi connectivity index (χ1) is 11.9. The van der Waals surface area contributed by atoms with Crippen LogP contribution in [0.2, 0.25) is 0 Å². The zero-order valence-corrected chi connectivity index (χ0v) is 13.7. The van der Waals surface area contributed by atoms with Crippen LogP contribution in [-0.4, -0.2) is 31.3 Å². The summed E-state index contributed by atoms with van der Waals surface area (Å²) in [7, 11) is 0. The van der Waals surface area contributed by atoms with Gasteiger partial charge in [-0.25, -0.2) is 0 Å². The molecule has 0 unspecified atom stereocenters. The summed E-state index contributed by atoms with van der Waals surface area (Å²) in [6, 6.07) is 19.8. The van der Waals surface area contributed by atoms with Crippen LogP contribution in [0.4, 0.5) is 0 Å². The Morgan fingerprint density at radius 2 is 1.67 bits per heavy atom. The molecule has 1 aromatic heterocycles. The third-order valence-corrected chi connectivity index (χ3v) is 3.63.